The van der Waals surface area contributed by atoms with Gasteiger partial charge in [0.2, 0.25) is 11.0 Å². The molecule has 2 aliphatic rings. The van der Waals surface area contributed by atoms with Crippen molar-refractivity contribution in [1.29, 1.82) is 0 Å². The number of nitrogens with zero attached hydrogens (tertiary/aromatic N) is 1. The van der Waals surface area contributed by atoms with Crippen molar-refractivity contribution >= 4 is 46.2 Å². The lowest BCUT2D eigenvalue weighted by molar-refractivity contribution is -0.153. The Balaban J connectivity index is 1.66. The van der Waals surface area contributed by atoms with Crippen molar-refractivity contribution in [2.24, 2.45) is 5.92 Å². The molecule has 1 amide bonds. The van der Waals surface area contributed by atoms with Crippen molar-refractivity contribution < 1.29 is 14.7 Å². The molecule has 6 heteroatoms. The lowest BCUT2D eigenvalue weighted by atomic mass is 9.92. The highest BCUT2D eigenvalue weighted by atomic mass is 32.2. The normalized spacial score (nSPS) is 23.6. The highest BCUT2D eigenvalue weighted by Gasteiger charge is 2.56. The van der Waals surface area contributed by atoms with Crippen LogP contribution in [0.5, 0.6) is 0 Å². The zero-order chi connectivity index (χ0) is 17.7. The van der Waals surface area contributed by atoms with E-state index in [1.54, 1.807) is 6.92 Å². The summed E-state index contributed by atoms with van der Waals surface area (Å²) in [6.07, 6.45) is -0.151. The fraction of sp³-hybridized carbons (Fsp3) is 0.263. The van der Waals surface area contributed by atoms with Crippen LogP contribution in [0.1, 0.15) is 12.5 Å². The number of fused-ring (bicyclic) bond motifs is 2. The average molecular weight is 371 g/mol. The van der Waals surface area contributed by atoms with Crippen molar-refractivity contribution in [3.63, 3.8) is 0 Å². The topological polar surface area (TPSA) is 57.6 Å². The Morgan fingerprint density at radius 1 is 1.28 bits per heavy atom. The first-order valence-electron chi connectivity index (χ1n) is 8.09. The maximum atomic E-state index is 12.3. The van der Waals surface area contributed by atoms with Gasteiger partial charge in [-0.3, -0.25) is 14.5 Å². The molecule has 0 saturated carbocycles. The lowest BCUT2D eigenvalue weighted by Gasteiger charge is -2.43. The van der Waals surface area contributed by atoms with Crippen LogP contribution < -0.4 is 0 Å². The van der Waals surface area contributed by atoms with E-state index in [2.05, 4.69) is 36.9 Å². The van der Waals surface area contributed by atoms with Crippen LogP contribution in [0.3, 0.4) is 0 Å². The molecule has 0 bridgehead atoms. The molecule has 1 fully saturated rings. The van der Waals surface area contributed by atoms with Crippen LogP contribution in [0.4, 0.5) is 0 Å². The number of aliphatic hydroxyl groups is 1. The summed E-state index contributed by atoms with van der Waals surface area (Å²) in [5.41, 5.74) is 1.45. The number of rotatable bonds is 4. The molecule has 2 heterocycles. The number of thioether (sulfide) groups is 1. The van der Waals surface area contributed by atoms with E-state index in [4.69, 9.17) is 0 Å². The van der Waals surface area contributed by atoms with Gasteiger partial charge in [0.25, 0.3) is 0 Å². The maximum absolute atomic E-state index is 12.3. The summed E-state index contributed by atoms with van der Waals surface area (Å²) in [5, 5.41) is 11.5. The summed E-state index contributed by atoms with van der Waals surface area (Å²) in [6, 6.07) is 14.3. The van der Waals surface area contributed by atoms with Crippen LogP contribution >= 0.6 is 24.4 Å². The number of thiol groups is 1. The van der Waals surface area contributed by atoms with E-state index in [9.17, 15) is 14.7 Å². The van der Waals surface area contributed by atoms with Gasteiger partial charge in [-0.15, -0.1) is 11.8 Å². The van der Waals surface area contributed by atoms with E-state index in [0.717, 1.165) is 21.2 Å². The molecule has 2 aromatic rings. The van der Waals surface area contributed by atoms with E-state index in [1.807, 2.05) is 18.2 Å². The Hall–Kier alpha value is -1.76. The number of aliphatic hydroxyl groups excluding tert-OH is 1. The largest absolute Gasteiger partial charge is 0.392 e. The van der Waals surface area contributed by atoms with Crippen LogP contribution in [0.25, 0.3) is 10.8 Å². The number of carbonyl (C=O) groups is 2. The number of allylic oxidation sites excluding steroid dienone is 1. The molecular formula is C19H17NO3S2. The Morgan fingerprint density at radius 3 is 2.68 bits per heavy atom. The summed E-state index contributed by atoms with van der Waals surface area (Å²) in [4.78, 5) is 26.7. The van der Waals surface area contributed by atoms with Crippen LogP contribution in [-0.4, -0.2) is 32.5 Å². The zero-order valence-corrected chi connectivity index (χ0v) is 15.3. The second kappa shape index (κ2) is 6.20. The van der Waals surface area contributed by atoms with Gasteiger partial charge in [0.05, 0.1) is 12.0 Å². The molecule has 0 spiro atoms. The first kappa shape index (κ1) is 16.7. The molecule has 0 radical (unpaired) electrons. The van der Waals surface area contributed by atoms with Crippen LogP contribution in [0.2, 0.25) is 0 Å². The van der Waals surface area contributed by atoms with Crippen molar-refractivity contribution in [1.82, 2.24) is 4.90 Å². The number of β-lactam (4-membered cyclic amide) rings is 1. The van der Waals surface area contributed by atoms with E-state index in [1.165, 1.54) is 16.7 Å². The quantitative estimate of drug-likeness (QED) is 0.641. The molecule has 1 saturated heterocycles. The molecular weight excluding hydrogens is 354 g/mol. The fourth-order valence-corrected chi connectivity index (χ4v) is 5.48. The third kappa shape index (κ3) is 2.69. The Morgan fingerprint density at radius 2 is 2.00 bits per heavy atom. The second-order valence-corrected chi connectivity index (χ2v) is 8.04. The number of carbonyl (C=O) groups excluding carboxylic acids is 2. The first-order valence-corrected chi connectivity index (χ1v) is 9.42. The maximum Gasteiger partial charge on any atom is 0.236 e. The predicted octanol–water partition coefficient (Wildman–Crippen LogP) is 2.96. The Bertz CT molecular complexity index is 922. The predicted molar refractivity (Wildman–Crippen MR) is 102 cm³/mol. The van der Waals surface area contributed by atoms with Crippen LogP contribution in [-0.2, 0) is 16.0 Å². The third-order valence-corrected chi connectivity index (χ3v) is 6.33. The fourth-order valence-electron chi connectivity index (χ4n) is 3.51. The van der Waals surface area contributed by atoms with Gasteiger partial charge in [-0.25, -0.2) is 0 Å². The van der Waals surface area contributed by atoms with Crippen LogP contribution in [0, 0.1) is 5.92 Å². The van der Waals surface area contributed by atoms with E-state index in [0.29, 0.717) is 12.1 Å². The van der Waals surface area contributed by atoms with Gasteiger partial charge in [0.1, 0.15) is 11.1 Å². The number of hydrogen-bond donors (Lipinski definition) is 2. The SMILES string of the molecule is C[C@H](O)[C@@H]1C(=O)N2C(C(=O)S)=C(Cc3ccc4ccccc4c3)S[C@H]12. The molecule has 4 rings (SSSR count). The molecule has 2 aliphatic heterocycles. The molecule has 0 aromatic heterocycles. The highest BCUT2D eigenvalue weighted by Crippen LogP contribution is 2.51. The Labute approximate surface area is 155 Å². The van der Waals surface area contributed by atoms with Crippen LogP contribution in [0.15, 0.2) is 53.1 Å². The molecule has 0 unspecified atom stereocenters. The standard InChI is InChI=1S/C19H17NO3S2/c1-10(21)15-17(22)20-16(19(23)24)14(25-18(15)20)9-11-6-7-12-4-2-3-5-13(12)8-11/h2-8,10,15,18,21H,9H2,1H3,(H,23,24)/t10-,15+,18+/m0/s1. The first-order chi connectivity index (χ1) is 12.0. The Kier molecular flexibility index (Phi) is 4.14. The van der Waals surface area contributed by atoms with Gasteiger partial charge >= 0.3 is 0 Å². The van der Waals surface area contributed by atoms with Crippen molar-refractivity contribution in [3.8, 4) is 0 Å². The molecule has 25 heavy (non-hydrogen) atoms. The van der Waals surface area contributed by atoms with Gasteiger partial charge in [-0.2, -0.15) is 0 Å². The summed E-state index contributed by atoms with van der Waals surface area (Å²) in [6.45, 7) is 1.62. The summed E-state index contributed by atoms with van der Waals surface area (Å²) < 4.78 is 0. The summed E-state index contributed by atoms with van der Waals surface area (Å²) >= 11 is 5.46. The molecule has 1 N–H and O–H groups in total. The van der Waals surface area contributed by atoms with Crippen molar-refractivity contribution in [3.05, 3.63) is 58.6 Å². The van der Waals surface area contributed by atoms with Crippen molar-refractivity contribution in [2.75, 3.05) is 0 Å². The molecule has 3 atom stereocenters. The molecule has 2 aromatic carbocycles. The highest BCUT2D eigenvalue weighted by molar-refractivity contribution is 8.04. The van der Waals surface area contributed by atoms with E-state index >= 15 is 0 Å². The number of amides is 1. The average Bonchev–Trinajstić information content (AvgIpc) is 2.88. The van der Waals surface area contributed by atoms with E-state index < -0.39 is 17.1 Å². The summed E-state index contributed by atoms with van der Waals surface area (Å²) in [7, 11) is 0. The second-order valence-electron chi connectivity index (χ2n) is 6.42. The molecule has 0 aliphatic carbocycles. The number of benzene rings is 2. The third-order valence-electron chi connectivity index (χ3n) is 4.75. The van der Waals surface area contributed by atoms with E-state index in [-0.39, 0.29) is 11.3 Å². The van der Waals surface area contributed by atoms with Gasteiger partial charge in [0, 0.05) is 11.3 Å². The van der Waals surface area contributed by atoms with Gasteiger partial charge < -0.3 is 5.11 Å². The number of hydrogen-bond acceptors (Lipinski definition) is 4. The lowest BCUT2D eigenvalue weighted by Crippen LogP contribution is -2.60. The smallest absolute Gasteiger partial charge is 0.236 e. The van der Waals surface area contributed by atoms with Gasteiger partial charge in [0.15, 0.2) is 0 Å². The molecule has 4 nitrogen and oxygen atoms in total. The van der Waals surface area contributed by atoms with Gasteiger partial charge in [-0.1, -0.05) is 55.1 Å². The molecule has 128 valence electrons. The minimum atomic E-state index is -0.725. The summed E-state index contributed by atoms with van der Waals surface area (Å²) in [5.74, 6) is -0.653. The van der Waals surface area contributed by atoms with Crippen molar-refractivity contribution in [2.45, 2.75) is 24.8 Å². The monoisotopic (exact) mass is 371 g/mol. The zero-order valence-electron chi connectivity index (χ0n) is 13.5. The minimum absolute atomic E-state index is 0.196. The minimum Gasteiger partial charge on any atom is -0.392 e. The van der Waals surface area contributed by atoms with Gasteiger partial charge in [-0.05, 0) is 23.3 Å².